The van der Waals surface area contributed by atoms with Crippen LogP contribution in [0.3, 0.4) is 0 Å². The van der Waals surface area contributed by atoms with E-state index in [-0.39, 0.29) is 4.90 Å². The molecule has 3 aromatic carbocycles. The zero-order valence-electron chi connectivity index (χ0n) is 13.9. The van der Waals surface area contributed by atoms with Gasteiger partial charge in [0.2, 0.25) is 10.0 Å². The van der Waals surface area contributed by atoms with Gasteiger partial charge in [0.1, 0.15) is 0 Å². The average molecular weight is 352 g/mol. The Morgan fingerprint density at radius 3 is 1.80 bits per heavy atom. The Balaban J connectivity index is 2.10. The maximum atomic E-state index is 13.1. The van der Waals surface area contributed by atoms with Gasteiger partial charge in [-0.15, -0.1) is 0 Å². The van der Waals surface area contributed by atoms with Gasteiger partial charge in [0, 0.05) is 12.7 Å². The fourth-order valence-corrected chi connectivity index (χ4v) is 4.25. The molecule has 4 nitrogen and oxygen atoms in total. The van der Waals surface area contributed by atoms with Crippen LogP contribution in [0.15, 0.2) is 89.8 Å². The number of nitrogens with two attached hydrogens (primary N) is 1. The first-order chi connectivity index (χ1) is 12.0. The van der Waals surface area contributed by atoms with E-state index in [2.05, 4.69) is 0 Å². The summed E-state index contributed by atoms with van der Waals surface area (Å²) in [5.74, 6) is 0. The molecule has 0 saturated carbocycles. The van der Waals surface area contributed by atoms with E-state index in [1.54, 1.807) is 25.2 Å². The molecular weight excluding hydrogens is 332 g/mol. The zero-order chi connectivity index (χ0) is 17.9. The summed E-state index contributed by atoms with van der Waals surface area (Å²) >= 11 is 0. The van der Waals surface area contributed by atoms with Crippen LogP contribution in [0.1, 0.15) is 17.2 Å². The van der Waals surface area contributed by atoms with Crippen molar-refractivity contribution in [2.75, 3.05) is 12.8 Å². The fourth-order valence-electron chi connectivity index (χ4n) is 2.86. The molecule has 3 rings (SSSR count). The van der Waals surface area contributed by atoms with E-state index in [0.717, 1.165) is 11.1 Å². The van der Waals surface area contributed by atoms with Gasteiger partial charge < -0.3 is 5.73 Å². The third-order valence-corrected chi connectivity index (χ3v) is 5.95. The summed E-state index contributed by atoms with van der Waals surface area (Å²) in [7, 11) is -2.10. The molecule has 25 heavy (non-hydrogen) atoms. The van der Waals surface area contributed by atoms with Gasteiger partial charge in [-0.05, 0) is 29.3 Å². The number of anilines is 1. The predicted molar refractivity (Wildman–Crippen MR) is 101 cm³/mol. The van der Waals surface area contributed by atoms with Gasteiger partial charge in [0.25, 0.3) is 0 Å². The molecule has 0 atom stereocenters. The minimum Gasteiger partial charge on any atom is -0.399 e. The Kier molecular flexibility index (Phi) is 4.88. The summed E-state index contributed by atoms with van der Waals surface area (Å²) in [5, 5.41) is 0. The quantitative estimate of drug-likeness (QED) is 0.713. The monoisotopic (exact) mass is 352 g/mol. The van der Waals surface area contributed by atoms with E-state index in [0.29, 0.717) is 5.69 Å². The predicted octanol–water partition coefficient (Wildman–Crippen LogP) is 3.68. The van der Waals surface area contributed by atoms with Crippen molar-refractivity contribution < 1.29 is 8.42 Å². The first-order valence-corrected chi connectivity index (χ1v) is 9.37. The lowest BCUT2D eigenvalue weighted by Crippen LogP contribution is -2.32. The Hall–Kier alpha value is -2.63. The first-order valence-electron chi connectivity index (χ1n) is 7.93. The highest BCUT2D eigenvalue weighted by atomic mass is 32.2. The van der Waals surface area contributed by atoms with Crippen LogP contribution in [-0.2, 0) is 10.0 Å². The number of rotatable bonds is 5. The van der Waals surface area contributed by atoms with Crippen molar-refractivity contribution in [3.63, 3.8) is 0 Å². The number of nitrogens with zero attached hydrogens (tertiary/aromatic N) is 1. The molecule has 0 spiro atoms. The molecule has 0 fully saturated rings. The molecule has 0 unspecified atom stereocenters. The molecular formula is C20H20N2O2S. The molecule has 0 amide bonds. The van der Waals surface area contributed by atoms with Crippen LogP contribution < -0.4 is 5.73 Å². The van der Waals surface area contributed by atoms with E-state index in [1.807, 2.05) is 60.7 Å². The largest absolute Gasteiger partial charge is 0.399 e. The molecule has 0 aliphatic heterocycles. The van der Waals surface area contributed by atoms with Crippen molar-refractivity contribution in [2.45, 2.75) is 10.9 Å². The first kappa shape index (κ1) is 17.2. The van der Waals surface area contributed by atoms with Gasteiger partial charge in [-0.25, -0.2) is 8.42 Å². The average Bonchev–Trinajstić information content (AvgIpc) is 2.63. The number of hydrogen-bond donors (Lipinski definition) is 1. The van der Waals surface area contributed by atoms with Crippen molar-refractivity contribution in [2.24, 2.45) is 0 Å². The molecule has 0 radical (unpaired) electrons. The molecule has 0 bridgehead atoms. The standard InChI is InChI=1S/C20H20N2O2S/c1-22(25(23,24)19-14-8-13-18(21)15-19)20(16-9-4-2-5-10-16)17-11-6-3-7-12-17/h2-15,20H,21H2,1H3. The highest BCUT2D eigenvalue weighted by Crippen LogP contribution is 2.32. The Bertz CT molecular complexity index is 902. The van der Waals surface area contributed by atoms with Gasteiger partial charge in [0.05, 0.1) is 10.9 Å². The van der Waals surface area contributed by atoms with Crippen molar-refractivity contribution >= 4 is 15.7 Å². The molecule has 5 heteroatoms. The van der Waals surface area contributed by atoms with Crippen molar-refractivity contribution in [1.82, 2.24) is 4.31 Å². The molecule has 3 aromatic rings. The lowest BCUT2D eigenvalue weighted by molar-refractivity contribution is 0.418. The van der Waals surface area contributed by atoms with E-state index in [1.165, 1.54) is 10.4 Å². The van der Waals surface area contributed by atoms with E-state index in [4.69, 9.17) is 5.73 Å². The van der Waals surface area contributed by atoms with Crippen molar-refractivity contribution in [3.05, 3.63) is 96.1 Å². The summed E-state index contributed by atoms with van der Waals surface area (Å²) in [6.07, 6.45) is 0. The van der Waals surface area contributed by atoms with Crippen LogP contribution in [0.5, 0.6) is 0 Å². The fraction of sp³-hybridized carbons (Fsp3) is 0.100. The molecule has 2 N–H and O–H groups in total. The summed E-state index contributed by atoms with van der Waals surface area (Å²) < 4.78 is 27.7. The number of hydrogen-bond acceptors (Lipinski definition) is 3. The maximum absolute atomic E-state index is 13.1. The third-order valence-electron chi connectivity index (χ3n) is 4.13. The van der Waals surface area contributed by atoms with Gasteiger partial charge in [0.15, 0.2) is 0 Å². The third kappa shape index (κ3) is 3.57. The van der Waals surface area contributed by atoms with Crippen LogP contribution in [0, 0.1) is 0 Å². The van der Waals surface area contributed by atoms with Gasteiger partial charge >= 0.3 is 0 Å². The number of nitrogen functional groups attached to an aromatic ring is 1. The van der Waals surface area contributed by atoms with Gasteiger partial charge in [-0.2, -0.15) is 4.31 Å². The van der Waals surface area contributed by atoms with E-state index < -0.39 is 16.1 Å². The highest BCUT2D eigenvalue weighted by Gasteiger charge is 2.30. The van der Waals surface area contributed by atoms with Crippen molar-refractivity contribution in [3.8, 4) is 0 Å². The second-order valence-electron chi connectivity index (χ2n) is 5.82. The van der Waals surface area contributed by atoms with Crippen molar-refractivity contribution in [1.29, 1.82) is 0 Å². The molecule has 0 aromatic heterocycles. The summed E-state index contributed by atoms with van der Waals surface area (Å²) in [4.78, 5) is 0.187. The smallest absolute Gasteiger partial charge is 0.243 e. The Morgan fingerprint density at radius 2 is 1.32 bits per heavy atom. The molecule has 0 saturated heterocycles. The second-order valence-corrected chi connectivity index (χ2v) is 7.82. The minimum absolute atomic E-state index is 0.187. The van der Waals surface area contributed by atoms with Crippen LogP contribution in [0.2, 0.25) is 0 Å². The second kappa shape index (κ2) is 7.09. The summed E-state index contributed by atoms with van der Waals surface area (Å²) in [6, 6.07) is 25.1. The van der Waals surface area contributed by atoms with Crippen LogP contribution in [0.4, 0.5) is 5.69 Å². The topological polar surface area (TPSA) is 63.4 Å². The Labute approximate surface area is 148 Å². The Morgan fingerprint density at radius 1 is 0.800 bits per heavy atom. The summed E-state index contributed by atoms with van der Waals surface area (Å²) in [6.45, 7) is 0. The summed E-state index contributed by atoms with van der Waals surface area (Å²) in [5.41, 5.74) is 8.00. The van der Waals surface area contributed by atoms with Crippen LogP contribution in [0.25, 0.3) is 0 Å². The number of benzene rings is 3. The lowest BCUT2D eigenvalue weighted by Gasteiger charge is -2.28. The maximum Gasteiger partial charge on any atom is 0.243 e. The normalized spacial score (nSPS) is 11.8. The van der Waals surface area contributed by atoms with Gasteiger partial charge in [-0.3, -0.25) is 0 Å². The molecule has 128 valence electrons. The zero-order valence-corrected chi connectivity index (χ0v) is 14.7. The molecule has 0 aliphatic rings. The minimum atomic E-state index is -3.70. The highest BCUT2D eigenvalue weighted by molar-refractivity contribution is 7.89. The SMILES string of the molecule is CN(C(c1ccccc1)c1ccccc1)S(=O)(=O)c1cccc(N)c1. The van der Waals surface area contributed by atoms with Crippen LogP contribution >= 0.6 is 0 Å². The van der Waals surface area contributed by atoms with E-state index >= 15 is 0 Å². The molecule has 0 aliphatic carbocycles. The lowest BCUT2D eigenvalue weighted by atomic mass is 9.99. The van der Waals surface area contributed by atoms with Crippen LogP contribution in [-0.4, -0.2) is 19.8 Å². The number of sulfonamides is 1. The van der Waals surface area contributed by atoms with Gasteiger partial charge in [-0.1, -0.05) is 66.7 Å². The molecule has 0 heterocycles. The van der Waals surface area contributed by atoms with E-state index in [9.17, 15) is 8.42 Å².